The Bertz CT molecular complexity index is 358. The molecule has 0 amide bonds. The summed E-state index contributed by atoms with van der Waals surface area (Å²) in [4.78, 5) is 6.72. The van der Waals surface area contributed by atoms with Gasteiger partial charge in [-0.1, -0.05) is 19.9 Å². The second-order valence-corrected chi connectivity index (χ2v) is 5.89. The zero-order chi connectivity index (χ0) is 13.6. The SMILES string of the molecule is CC(C)(CNCCN1CCNCC1)c1cccnc1. The highest BCUT2D eigenvalue weighted by Gasteiger charge is 2.20. The molecule has 4 nitrogen and oxygen atoms in total. The minimum atomic E-state index is 0.137. The molecule has 2 rings (SSSR count). The third kappa shape index (κ3) is 4.56. The van der Waals surface area contributed by atoms with Crippen molar-refractivity contribution in [2.75, 3.05) is 45.8 Å². The summed E-state index contributed by atoms with van der Waals surface area (Å²) in [6, 6.07) is 4.17. The lowest BCUT2D eigenvalue weighted by atomic mass is 9.86. The van der Waals surface area contributed by atoms with E-state index in [1.807, 2.05) is 18.5 Å². The molecule has 1 aromatic heterocycles. The van der Waals surface area contributed by atoms with E-state index in [-0.39, 0.29) is 5.41 Å². The van der Waals surface area contributed by atoms with Crippen molar-refractivity contribution in [1.82, 2.24) is 20.5 Å². The summed E-state index contributed by atoms with van der Waals surface area (Å²) < 4.78 is 0. The van der Waals surface area contributed by atoms with Gasteiger partial charge in [0.2, 0.25) is 0 Å². The minimum Gasteiger partial charge on any atom is -0.315 e. The number of hydrogen-bond donors (Lipinski definition) is 2. The predicted molar refractivity (Wildman–Crippen MR) is 79.4 cm³/mol. The maximum atomic E-state index is 4.21. The van der Waals surface area contributed by atoms with Crippen molar-refractivity contribution >= 4 is 0 Å². The molecule has 0 bridgehead atoms. The van der Waals surface area contributed by atoms with E-state index in [2.05, 4.69) is 40.4 Å². The van der Waals surface area contributed by atoms with Crippen LogP contribution in [-0.2, 0) is 5.41 Å². The van der Waals surface area contributed by atoms with E-state index in [1.54, 1.807) is 0 Å². The first-order valence-corrected chi connectivity index (χ1v) is 7.23. The average molecular weight is 262 g/mol. The van der Waals surface area contributed by atoms with Gasteiger partial charge in [-0.3, -0.25) is 9.88 Å². The second kappa shape index (κ2) is 6.98. The predicted octanol–water partition coefficient (Wildman–Crippen LogP) is 0.854. The molecule has 0 radical (unpaired) electrons. The van der Waals surface area contributed by atoms with E-state index in [0.717, 1.165) is 32.7 Å². The van der Waals surface area contributed by atoms with Crippen LogP contribution in [0.3, 0.4) is 0 Å². The summed E-state index contributed by atoms with van der Waals surface area (Å²) in [5, 5.41) is 6.96. The summed E-state index contributed by atoms with van der Waals surface area (Å²) >= 11 is 0. The Morgan fingerprint density at radius 3 is 2.84 bits per heavy atom. The average Bonchev–Trinajstić information content (AvgIpc) is 2.46. The fraction of sp³-hybridized carbons (Fsp3) is 0.667. The Hall–Kier alpha value is -0.970. The summed E-state index contributed by atoms with van der Waals surface area (Å²) in [5.41, 5.74) is 1.43. The van der Waals surface area contributed by atoms with Crippen LogP contribution < -0.4 is 10.6 Å². The maximum absolute atomic E-state index is 4.21. The molecule has 0 unspecified atom stereocenters. The van der Waals surface area contributed by atoms with Crippen molar-refractivity contribution in [3.63, 3.8) is 0 Å². The zero-order valence-electron chi connectivity index (χ0n) is 12.2. The van der Waals surface area contributed by atoms with Gasteiger partial charge >= 0.3 is 0 Å². The van der Waals surface area contributed by atoms with Gasteiger partial charge in [0.05, 0.1) is 0 Å². The van der Waals surface area contributed by atoms with Crippen molar-refractivity contribution < 1.29 is 0 Å². The monoisotopic (exact) mass is 262 g/mol. The summed E-state index contributed by atoms with van der Waals surface area (Å²) in [6.45, 7) is 12.3. The smallest absolute Gasteiger partial charge is 0.0305 e. The highest BCUT2D eigenvalue weighted by molar-refractivity contribution is 5.19. The summed E-state index contributed by atoms with van der Waals surface area (Å²) in [5.74, 6) is 0. The van der Waals surface area contributed by atoms with Crippen LogP contribution in [0.5, 0.6) is 0 Å². The van der Waals surface area contributed by atoms with Gasteiger partial charge in [0.1, 0.15) is 0 Å². The van der Waals surface area contributed by atoms with Crippen molar-refractivity contribution in [2.45, 2.75) is 19.3 Å². The van der Waals surface area contributed by atoms with E-state index < -0.39 is 0 Å². The van der Waals surface area contributed by atoms with Gasteiger partial charge in [0.25, 0.3) is 0 Å². The topological polar surface area (TPSA) is 40.2 Å². The third-order valence-corrected chi connectivity index (χ3v) is 3.82. The van der Waals surface area contributed by atoms with Gasteiger partial charge in [0, 0.05) is 63.6 Å². The van der Waals surface area contributed by atoms with E-state index >= 15 is 0 Å². The van der Waals surface area contributed by atoms with Gasteiger partial charge in [0.15, 0.2) is 0 Å². The molecule has 106 valence electrons. The molecule has 1 saturated heterocycles. The molecule has 0 aromatic carbocycles. The highest BCUT2D eigenvalue weighted by Crippen LogP contribution is 2.20. The van der Waals surface area contributed by atoms with Gasteiger partial charge in [-0.2, -0.15) is 0 Å². The molecule has 0 atom stereocenters. The number of piperazine rings is 1. The minimum absolute atomic E-state index is 0.137. The van der Waals surface area contributed by atoms with E-state index in [9.17, 15) is 0 Å². The lowest BCUT2D eigenvalue weighted by molar-refractivity contribution is 0.239. The molecule has 0 spiro atoms. The highest BCUT2D eigenvalue weighted by atomic mass is 15.2. The van der Waals surface area contributed by atoms with Crippen LogP contribution in [0.15, 0.2) is 24.5 Å². The Kier molecular flexibility index (Phi) is 5.31. The van der Waals surface area contributed by atoms with Crippen LogP contribution in [0.2, 0.25) is 0 Å². The molecule has 4 heteroatoms. The van der Waals surface area contributed by atoms with Crippen molar-refractivity contribution in [2.24, 2.45) is 0 Å². The summed E-state index contributed by atoms with van der Waals surface area (Å²) in [6.07, 6.45) is 3.80. The van der Waals surface area contributed by atoms with Crippen LogP contribution in [0.25, 0.3) is 0 Å². The molecule has 2 heterocycles. The number of hydrogen-bond acceptors (Lipinski definition) is 4. The van der Waals surface area contributed by atoms with Crippen LogP contribution in [0.1, 0.15) is 19.4 Å². The molecule has 0 aliphatic carbocycles. The Labute approximate surface area is 116 Å². The van der Waals surface area contributed by atoms with Crippen LogP contribution in [-0.4, -0.2) is 55.7 Å². The zero-order valence-corrected chi connectivity index (χ0v) is 12.2. The van der Waals surface area contributed by atoms with Crippen molar-refractivity contribution in [1.29, 1.82) is 0 Å². The molecule has 1 aliphatic heterocycles. The fourth-order valence-corrected chi connectivity index (χ4v) is 2.44. The third-order valence-electron chi connectivity index (χ3n) is 3.82. The first-order chi connectivity index (χ1) is 9.18. The Balaban J connectivity index is 1.69. The molecule has 1 aromatic rings. The number of nitrogens with zero attached hydrogens (tertiary/aromatic N) is 2. The van der Waals surface area contributed by atoms with Crippen molar-refractivity contribution in [3.05, 3.63) is 30.1 Å². The Morgan fingerprint density at radius 1 is 1.37 bits per heavy atom. The first kappa shape index (κ1) is 14.4. The quantitative estimate of drug-likeness (QED) is 0.746. The lowest BCUT2D eigenvalue weighted by Gasteiger charge is -2.29. The van der Waals surface area contributed by atoms with E-state index in [1.165, 1.54) is 18.7 Å². The van der Waals surface area contributed by atoms with Crippen LogP contribution in [0.4, 0.5) is 0 Å². The number of nitrogens with one attached hydrogen (secondary N) is 2. The molecule has 0 saturated carbocycles. The van der Waals surface area contributed by atoms with Crippen LogP contribution in [0, 0.1) is 0 Å². The number of rotatable bonds is 6. The normalized spacial score (nSPS) is 17.6. The van der Waals surface area contributed by atoms with Gasteiger partial charge in [-0.25, -0.2) is 0 Å². The van der Waals surface area contributed by atoms with Gasteiger partial charge < -0.3 is 10.6 Å². The van der Waals surface area contributed by atoms with E-state index in [4.69, 9.17) is 0 Å². The molecule has 2 N–H and O–H groups in total. The standard InChI is InChI=1S/C15H26N4/c1-15(2,14-4-3-5-17-12-14)13-18-8-11-19-9-6-16-7-10-19/h3-5,12,16,18H,6-11,13H2,1-2H3. The van der Waals surface area contributed by atoms with Crippen LogP contribution >= 0.6 is 0 Å². The number of pyridine rings is 1. The Morgan fingerprint density at radius 2 is 2.16 bits per heavy atom. The second-order valence-electron chi connectivity index (χ2n) is 5.89. The summed E-state index contributed by atoms with van der Waals surface area (Å²) in [7, 11) is 0. The van der Waals surface area contributed by atoms with E-state index in [0.29, 0.717) is 0 Å². The molecular weight excluding hydrogens is 236 g/mol. The first-order valence-electron chi connectivity index (χ1n) is 7.23. The molecule has 1 fully saturated rings. The number of aromatic nitrogens is 1. The fourth-order valence-electron chi connectivity index (χ4n) is 2.44. The molecular formula is C15H26N4. The molecule has 19 heavy (non-hydrogen) atoms. The lowest BCUT2D eigenvalue weighted by Crippen LogP contribution is -2.46. The maximum Gasteiger partial charge on any atom is 0.0305 e. The van der Waals surface area contributed by atoms with Crippen molar-refractivity contribution in [3.8, 4) is 0 Å². The largest absolute Gasteiger partial charge is 0.315 e. The molecule has 1 aliphatic rings. The van der Waals surface area contributed by atoms with Gasteiger partial charge in [-0.15, -0.1) is 0 Å². The van der Waals surface area contributed by atoms with Gasteiger partial charge in [-0.05, 0) is 11.6 Å².